The van der Waals surface area contributed by atoms with Crippen molar-refractivity contribution >= 4 is 58.1 Å². The minimum Gasteiger partial charge on any atom is -0.507 e. The molecule has 0 radical (unpaired) electrons. The number of anilines is 1. The first kappa shape index (κ1) is 19.0. The van der Waals surface area contributed by atoms with Crippen LogP contribution < -0.4 is 10.6 Å². The Morgan fingerprint density at radius 1 is 1.12 bits per heavy atom. The van der Waals surface area contributed by atoms with Crippen LogP contribution in [-0.4, -0.2) is 27.2 Å². The van der Waals surface area contributed by atoms with Crippen molar-refractivity contribution in [1.82, 2.24) is 5.32 Å². The molecule has 2 rings (SSSR count). The lowest BCUT2D eigenvalue weighted by atomic mass is 10.1. The third-order valence-electron chi connectivity index (χ3n) is 3.19. The topological polar surface area (TPSA) is 98.7 Å². The summed E-state index contributed by atoms with van der Waals surface area (Å²) in [7, 11) is 0. The molecule has 0 unspecified atom stereocenters. The first-order chi connectivity index (χ1) is 11.7. The van der Waals surface area contributed by atoms with Gasteiger partial charge in [-0.05, 0) is 55.0 Å². The summed E-state index contributed by atoms with van der Waals surface area (Å²) in [5.41, 5.74) is 0.505. The fourth-order valence-corrected chi connectivity index (χ4v) is 2.61. The first-order valence-electron chi connectivity index (χ1n) is 6.83. The van der Waals surface area contributed by atoms with Gasteiger partial charge < -0.3 is 15.5 Å². The molecule has 0 aliphatic rings. The predicted molar refractivity (Wildman–Crippen MR) is 100.0 cm³/mol. The van der Waals surface area contributed by atoms with Crippen LogP contribution in [-0.2, 0) is 0 Å². The highest BCUT2D eigenvalue weighted by Crippen LogP contribution is 2.26. The number of amides is 1. The average molecular weight is 399 g/mol. The lowest BCUT2D eigenvalue weighted by molar-refractivity contribution is 0.0693. The summed E-state index contributed by atoms with van der Waals surface area (Å²) < 4.78 is 0. The third kappa shape index (κ3) is 4.60. The molecule has 0 aliphatic carbocycles. The van der Waals surface area contributed by atoms with E-state index < -0.39 is 11.9 Å². The fraction of sp³-hybridized carbons (Fsp3) is 0.0625. The molecule has 0 fully saturated rings. The molecule has 2 aromatic carbocycles. The second-order valence-electron chi connectivity index (χ2n) is 5.03. The van der Waals surface area contributed by atoms with Crippen molar-refractivity contribution in [1.29, 1.82) is 0 Å². The van der Waals surface area contributed by atoms with Gasteiger partial charge in [-0.15, -0.1) is 0 Å². The summed E-state index contributed by atoms with van der Waals surface area (Å²) >= 11 is 16.8. The largest absolute Gasteiger partial charge is 0.507 e. The SMILES string of the molecule is Cc1cc(NC(=S)NC(=O)c2cc(Cl)ccc2Cl)cc(C(=O)O)c1O. The normalized spacial score (nSPS) is 10.2. The van der Waals surface area contributed by atoms with Gasteiger partial charge in [0.2, 0.25) is 0 Å². The molecule has 9 heteroatoms. The van der Waals surface area contributed by atoms with Crippen LogP contribution in [0.3, 0.4) is 0 Å². The van der Waals surface area contributed by atoms with E-state index in [4.69, 9.17) is 40.5 Å². The monoisotopic (exact) mass is 398 g/mol. The van der Waals surface area contributed by atoms with Crippen LogP contribution >= 0.6 is 35.4 Å². The summed E-state index contributed by atoms with van der Waals surface area (Å²) in [6.45, 7) is 1.54. The zero-order chi connectivity index (χ0) is 18.7. The van der Waals surface area contributed by atoms with Crippen LogP contribution in [0.2, 0.25) is 10.0 Å². The molecule has 0 aliphatic heterocycles. The summed E-state index contributed by atoms with van der Waals surface area (Å²) in [6, 6.07) is 7.12. The Hall–Kier alpha value is -2.35. The van der Waals surface area contributed by atoms with Gasteiger partial charge in [0.1, 0.15) is 11.3 Å². The molecule has 130 valence electrons. The van der Waals surface area contributed by atoms with Gasteiger partial charge in [0.25, 0.3) is 5.91 Å². The van der Waals surface area contributed by atoms with Crippen LogP contribution in [0.4, 0.5) is 5.69 Å². The van der Waals surface area contributed by atoms with E-state index in [0.717, 1.165) is 0 Å². The molecule has 6 nitrogen and oxygen atoms in total. The van der Waals surface area contributed by atoms with Gasteiger partial charge in [-0.3, -0.25) is 10.1 Å². The zero-order valence-corrected chi connectivity index (χ0v) is 15.1. The van der Waals surface area contributed by atoms with Crippen molar-refractivity contribution in [3.63, 3.8) is 0 Å². The quantitative estimate of drug-likeness (QED) is 0.463. The molecule has 0 heterocycles. The lowest BCUT2D eigenvalue weighted by Crippen LogP contribution is -2.34. The maximum absolute atomic E-state index is 12.2. The highest BCUT2D eigenvalue weighted by molar-refractivity contribution is 7.80. The third-order valence-corrected chi connectivity index (χ3v) is 3.96. The maximum atomic E-state index is 12.2. The Kier molecular flexibility index (Phi) is 5.84. The van der Waals surface area contributed by atoms with Crippen LogP contribution in [0.25, 0.3) is 0 Å². The molecule has 4 N–H and O–H groups in total. The summed E-state index contributed by atoms with van der Waals surface area (Å²) in [4.78, 5) is 23.3. The second kappa shape index (κ2) is 7.69. The van der Waals surface area contributed by atoms with E-state index in [9.17, 15) is 14.7 Å². The average Bonchev–Trinajstić information content (AvgIpc) is 2.52. The van der Waals surface area contributed by atoms with Gasteiger partial charge in [0.15, 0.2) is 5.11 Å². The number of hydrogen-bond acceptors (Lipinski definition) is 4. The number of hydrogen-bond donors (Lipinski definition) is 4. The van der Waals surface area contributed by atoms with Crippen molar-refractivity contribution in [3.05, 3.63) is 57.1 Å². The van der Waals surface area contributed by atoms with E-state index in [-0.39, 0.29) is 27.0 Å². The van der Waals surface area contributed by atoms with Crippen LogP contribution in [0.1, 0.15) is 26.3 Å². The van der Waals surface area contributed by atoms with E-state index >= 15 is 0 Å². The summed E-state index contributed by atoms with van der Waals surface area (Å²) in [5.74, 6) is -2.19. The van der Waals surface area contributed by atoms with E-state index in [1.54, 1.807) is 13.0 Å². The van der Waals surface area contributed by atoms with Crippen LogP contribution in [0.15, 0.2) is 30.3 Å². The number of halogens is 2. The van der Waals surface area contributed by atoms with E-state index in [2.05, 4.69) is 10.6 Å². The molecular weight excluding hydrogens is 387 g/mol. The Balaban J connectivity index is 2.16. The second-order valence-corrected chi connectivity index (χ2v) is 6.28. The number of carbonyl (C=O) groups is 2. The minimum absolute atomic E-state index is 0.0672. The van der Waals surface area contributed by atoms with Crippen molar-refractivity contribution in [2.75, 3.05) is 5.32 Å². The van der Waals surface area contributed by atoms with Crippen molar-refractivity contribution in [2.24, 2.45) is 0 Å². The predicted octanol–water partition coefficient (Wildman–Crippen LogP) is 3.83. The fourth-order valence-electron chi connectivity index (χ4n) is 2.02. The number of nitrogens with one attached hydrogen (secondary N) is 2. The van der Waals surface area contributed by atoms with E-state index in [1.807, 2.05) is 0 Å². The van der Waals surface area contributed by atoms with Gasteiger partial charge in [0, 0.05) is 10.7 Å². The number of carboxylic acids is 1. The number of aryl methyl sites for hydroxylation is 1. The van der Waals surface area contributed by atoms with Crippen molar-refractivity contribution < 1.29 is 19.8 Å². The molecular formula is C16H12Cl2N2O4S. The van der Waals surface area contributed by atoms with Gasteiger partial charge in [-0.2, -0.15) is 0 Å². The Morgan fingerprint density at radius 2 is 1.80 bits per heavy atom. The number of carboxylic acid groups (broad SMARTS) is 1. The first-order valence-corrected chi connectivity index (χ1v) is 7.99. The molecule has 1 amide bonds. The number of carbonyl (C=O) groups excluding carboxylic acids is 1. The number of benzene rings is 2. The van der Waals surface area contributed by atoms with Crippen molar-refractivity contribution in [3.8, 4) is 5.75 Å². The molecule has 0 atom stereocenters. The van der Waals surface area contributed by atoms with E-state index in [0.29, 0.717) is 16.3 Å². The number of aromatic hydroxyl groups is 1. The van der Waals surface area contributed by atoms with Gasteiger partial charge in [-0.25, -0.2) is 4.79 Å². The smallest absolute Gasteiger partial charge is 0.339 e. The minimum atomic E-state index is -1.29. The van der Waals surface area contributed by atoms with Gasteiger partial charge in [0.05, 0.1) is 10.6 Å². The molecule has 0 bridgehead atoms. The summed E-state index contributed by atoms with van der Waals surface area (Å²) in [5, 5.41) is 24.4. The number of phenols is 1. The molecule has 0 aromatic heterocycles. The lowest BCUT2D eigenvalue weighted by Gasteiger charge is -2.13. The molecule has 0 spiro atoms. The van der Waals surface area contributed by atoms with E-state index in [1.165, 1.54) is 24.3 Å². The zero-order valence-electron chi connectivity index (χ0n) is 12.8. The van der Waals surface area contributed by atoms with Crippen molar-refractivity contribution in [2.45, 2.75) is 6.92 Å². The molecule has 0 saturated heterocycles. The highest BCUT2D eigenvalue weighted by Gasteiger charge is 2.16. The number of thiocarbonyl (C=S) groups is 1. The van der Waals surface area contributed by atoms with Crippen LogP contribution in [0.5, 0.6) is 5.75 Å². The Morgan fingerprint density at radius 3 is 2.44 bits per heavy atom. The number of aromatic carboxylic acids is 1. The molecule has 2 aromatic rings. The maximum Gasteiger partial charge on any atom is 0.339 e. The van der Waals surface area contributed by atoms with Gasteiger partial charge in [-0.1, -0.05) is 23.2 Å². The molecule has 25 heavy (non-hydrogen) atoms. The number of rotatable bonds is 3. The highest BCUT2D eigenvalue weighted by atomic mass is 35.5. The Bertz CT molecular complexity index is 887. The van der Waals surface area contributed by atoms with Crippen LogP contribution in [0, 0.1) is 6.92 Å². The Labute approximate surface area is 158 Å². The summed E-state index contributed by atoms with van der Waals surface area (Å²) in [6.07, 6.45) is 0. The standard InChI is InChI=1S/C16H12Cl2N2O4S/c1-7-4-9(6-11(13(7)21)15(23)24)19-16(25)20-14(22)10-5-8(17)2-3-12(10)18/h2-6,21H,1H3,(H,23,24)(H2,19,20,22,25). The van der Waals surface area contributed by atoms with Gasteiger partial charge >= 0.3 is 5.97 Å². The molecule has 0 saturated carbocycles.